The Labute approximate surface area is 157 Å². The fourth-order valence-corrected chi connectivity index (χ4v) is 2.86. The number of aryl methyl sites for hydroxylation is 2. The van der Waals surface area contributed by atoms with Crippen molar-refractivity contribution in [3.63, 3.8) is 0 Å². The molecule has 146 valence electrons. The van der Waals surface area contributed by atoms with Gasteiger partial charge in [-0.25, -0.2) is 0 Å². The number of aliphatic carboxylic acids is 1. The van der Waals surface area contributed by atoms with Crippen LogP contribution in [0.3, 0.4) is 0 Å². The van der Waals surface area contributed by atoms with E-state index in [1.54, 1.807) is 25.1 Å². The number of methoxy groups -OCH3 is 2. The Morgan fingerprint density at radius 1 is 1.22 bits per heavy atom. The van der Waals surface area contributed by atoms with Crippen LogP contribution in [0.4, 0.5) is 0 Å². The smallest absolute Gasteiger partial charge is 0.305 e. The predicted octanol–water partition coefficient (Wildman–Crippen LogP) is 2.57. The molecular weight excluding hydrogens is 352 g/mol. The van der Waals surface area contributed by atoms with Gasteiger partial charge < -0.3 is 24.4 Å². The summed E-state index contributed by atoms with van der Waals surface area (Å²) in [6.45, 7) is 3.62. The van der Waals surface area contributed by atoms with Gasteiger partial charge in [0, 0.05) is 12.0 Å². The fraction of sp³-hybridized carbons (Fsp3) is 0.421. The van der Waals surface area contributed by atoms with Gasteiger partial charge in [-0.1, -0.05) is 11.2 Å². The highest BCUT2D eigenvalue weighted by molar-refractivity contribution is 5.78. The quantitative estimate of drug-likeness (QED) is 0.692. The van der Waals surface area contributed by atoms with Crippen LogP contribution in [0.5, 0.6) is 11.5 Å². The van der Waals surface area contributed by atoms with Crippen molar-refractivity contribution in [3.05, 3.63) is 40.8 Å². The average Bonchev–Trinajstić information content (AvgIpc) is 2.96. The average molecular weight is 376 g/mol. The van der Waals surface area contributed by atoms with Crippen molar-refractivity contribution in [2.45, 2.75) is 39.2 Å². The Morgan fingerprint density at radius 3 is 2.48 bits per heavy atom. The summed E-state index contributed by atoms with van der Waals surface area (Å²) in [7, 11) is 3.01. The predicted molar refractivity (Wildman–Crippen MR) is 97.0 cm³/mol. The molecule has 0 fully saturated rings. The van der Waals surface area contributed by atoms with E-state index in [9.17, 15) is 14.7 Å². The topological polar surface area (TPSA) is 111 Å². The van der Waals surface area contributed by atoms with Crippen molar-refractivity contribution in [1.82, 2.24) is 10.5 Å². The monoisotopic (exact) mass is 376 g/mol. The van der Waals surface area contributed by atoms with E-state index >= 15 is 0 Å². The van der Waals surface area contributed by atoms with Crippen LogP contribution in [0.15, 0.2) is 22.7 Å². The van der Waals surface area contributed by atoms with Gasteiger partial charge in [0.25, 0.3) is 0 Å². The third kappa shape index (κ3) is 5.22. The zero-order valence-corrected chi connectivity index (χ0v) is 15.9. The van der Waals surface area contributed by atoms with Crippen molar-refractivity contribution in [1.29, 1.82) is 0 Å². The summed E-state index contributed by atoms with van der Waals surface area (Å²) in [6, 6.07) is 4.38. The first-order valence-electron chi connectivity index (χ1n) is 8.50. The molecule has 0 saturated carbocycles. The number of hydrogen-bond donors (Lipinski definition) is 2. The van der Waals surface area contributed by atoms with Gasteiger partial charge in [0.2, 0.25) is 5.91 Å². The van der Waals surface area contributed by atoms with Crippen LogP contribution in [0.2, 0.25) is 0 Å². The van der Waals surface area contributed by atoms with E-state index in [0.29, 0.717) is 29.2 Å². The number of benzene rings is 1. The van der Waals surface area contributed by atoms with E-state index in [1.807, 2.05) is 6.92 Å². The lowest BCUT2D eigenvalue weighted by molar-refractivity contribution is -0.137. The Balaban J connectivity index is 2.12. The first-order chi connectivity index (χ1) is 12.8. The number of hydrogen-bond acceptors (Lipinski definition) is 6. The maximum absolute atomic E-state index is 12.4. The number of carboxylic acids is 1. The van der Waals surface area contributed by atoms with Crippen LogP contribution in [0, 0.1) is 13.8 Å². The maximum Gasteiger partial charge on any atom is 0.305 e. The number of rotatable bonds is 9. The van der Waals surface area contributed by atoms with E-state index in [4.69, 9.17) is 14.0 Å². The second-order valence-corrected chi connectivity index (χ2v) is 6.14. The first-order valence-corrected chi connectivity index (χ1v) is 8.50. The molecule has 27 heavy (non-hydrogen) atoms. The van der Waals surface area contributed by atoms with Crippen LogP contribution in [0.25, 0.3) is 0 Å². The van der Waals surface area contributed by atoms with E-state index in [-0.39, 0.29) is 18.7 Å². The van der Waals surface area contributed by atoms with Crippen LogP contribution >= 0.6 is 0 Å². The standard InChI is InChI=1S/C19H24N2O6/c1-11-14(12(2)27-21-11)6-8-18(22)20-15(10-19(23)24)13-5-7-16(25-3)17(9-13)26-4/h5,7,9,15H,6,8,10H2,1-4H3,(H,20,22)(H,23,24). The Bertz CT molecular complexity index is 795. The molecule has 0 radical (unpaired) electrons. The highest BCUT2D eigenvalue weighted by atomic mass is 16.5. The summed E-state index contributed by atoms with van der Waals surface area (Å²) >= 11 is 0. The second kappa shape index (κ2) is 9.07. The lowest BCUT2D eigenvalue weighted by Crippen LogP contribution is -2.30. The SMILES string of the molecule is COc1ccc(C(CC(=O)O)NC(=O)CCc2c(C)noc2C)cc1OC. The number of carbonyl (C=O) groups excluding carboxylic acids is 1. The van der Waals surface area contributed by atoms with E-state index in [2.05, 4.69) is 10.5 Å². The minimum atomic E-state index is -1.01. The van der Waals surface area contributed by atoms with Crippen molar-refractivity contribution in [2.24, 2.45) is 0 Å². The molecule has 0 spiro atoms. The molecule has 2 rings (SSSR count). The Kier molecular flexibility index (Phi) is 6.81. The Morgan fingerprint density at radius 2 is 1.93 bits per heavy atom. The third-order valence-electron chi connectivity index (χ3n) is 4.31. The molecule has 8 heteroatoms. The number of ether oxygens (including phenoxy) is 2. The fourth-order valence-electron chi connectivity index (χ4n) is 2.86. The largest absolute Gasteiger partial charge is 0.493 e. The number of carbonyl (C=O) groups is 2. The van der Waals surface area contributed by atoms with Crippen molar-refractivity contribution in [3.8, 4) is 11.5 Å². The van der Waals surface area contributed by atoms with Crippen molar-refractivity contribution >= 4 is 11.9 Å². The number of nitrogens with one attached hydrogen (secondary N) is 1. The lowest BCUT2D eigenvalue weighted by Gasteiger charge is -2.19. The number of nitrogens with zero attached hydrogens (tertiary/aromatic N) is 1. The van der Waals surface area contributed by atoms with Crippen LogP contribution < -0.4 is 14.8 Å². The van der Waals surface area contributed by atoms with Gasteiger partial charge in [0.1, 0.15) is 5.76 Å². The summed E-state index contributed by atoms with van der Waals surface area (Å²) in [5.74, 6) is 0.412. The summed E-state index contributed by atoms with van der Waals surface area (Å²) in [6.07, 6.45) is 0.428. The van der Waals surface area contributed by atoms with Crippen molar-refractivity contribution in [2.75, 3.05) is 14.2 Å². The molecule has 2 N–H and O–H groups in total. The minimum absolute atomic E-state index is 0.201. The van der Waals surface area contributed by atoms with Crippen LogP contribution in [0.1, 0.15) is 41.5 Å². The molecule has 0 aliphatic carbocycles. The molecule has 1 aromatic carbocycles. The molecule has 0 saturated heterocycles. The van der Waals surface area contributed by atoms with Crippen molar-refractivity contribution < 1.29 is 28.7 Å². The van der Waals surface area contributed by atoms with Gasteiger partial charge >= 0.3 is 5.97 Å². The van der Waals surface area contributed by atoms with Gasteiger partial charge in [-0.15, -0.1) is 0 Å². The number of amides is 1. The normalized spacial score (nSPS) is 11.7. The van der Waals surface area contributed by atoms with E-state index in [1.165, 1.54) is 14.2 Å². The van der Waals surface area contributed by atoms with E-state index in [0.717, 1.165) is 11.3 Å². The molecule has 0 aliphatic heterocycles. The molecule has 1 amide bonds. The molecular formula is C19H24N2O6. The molecule has 2 aromatic rings. The molecule has 0 bridgehead atoms. The molecule has 1 unspecified atom stereocenters. The number of carboxylic acid groups (broad SMARTS) is 1. The molecule has 1 atom stereocenters. The minimum Gasteiger partial charge on any atom is -0.493 e. The maximum atomic E-state index is 12.4. The van der Waals surface area contributed by atoms with E-state index < -0.39 is 12.0 Å². The molecule has 1 aromatic heterocycles. The van der Waals surface area contributed by atoms with Gasteiger partial charge in [0.15, 0.2) is 11.5 Å². The third-order valence-corrected chi connectivity index (χ3v) is 4.31. The van der Waals surface area contributed by atoms with Crippen LogP contribution in [-0.2, 0) is 16.0 Å². The highest BCUT2D eigenvalue weighted by Gasteiger charge is 2.20. The summed E-state index contributed by atoms with van der Waals surface area (Å²) < 4.78 is 15.5. The van der Waals surface area contributed by atoms with Gasteiger partial charge in [0.05, 0.1) is 32.4 Å². The van der Waals surface area contributed by atoms with Gasteiger partial charge in [-0.2, -0.15) is 0 Å². The van der Waals surface area contributed by atoms with Crippen LogP contribution in [-0.4, -0.2) is 36.4 Å². The molecule has 1 heterocycles. The summed E-state index contributed by atoms with van der Waals surface area (Å²) in [5.41, 5.74) is 2.27. The molecule has 8 nitrogen and oxygen atoms in total. The highest BCUT2D eigenvalue weighted by Crippen LogP contribution is 2.31. The second-order valence-electron chi connectivity index (χ2n) is 6.14. The van der Waals surface area contributed by atoms with Gasteiger partial charge in [-0.05, 0) is 38.0 Å². The summed E-state index contributed by atoms with van der Waals surface area (Å²) in [4.78, 5) is 23.6. The zero-order valence-electron chi connectivity index (χ0n) is 15.9. The number of aromatic nitrogens is 1. The molecule has 0 aliphatic rings. The lowest BCUT2D eigenvalue weighted by atomic mass is 10.0. The summed E-state index contributed by atoms with van der Waals surface area (Å²) in [5, 5.41) is 15.9. The van der Waals surface area contributed by atoms with Gasteiger partial charge in [-0.3, -0.25) is 9.59 Å². The zero-order chi connectivity index (χ0) is 20.0. The first kappa shape index (κ1) is 20.3. The Hall–Kier alpha value is -3.03.